The average molecular weight is 324 g/mol. The Morgan fingerprint density at radius 1 is 1.08 bits per heavy atom. The number of aryl methyl sites for hydroxylation is 1. The Hall–Kier alpha value is -2.50. The molecule has 6 atom stereocenters. The summed E-state index contributed by atoms with van der Waals surface area (Å²) in [7, 11) is 0. The van der Waals surface area contributed by atoms with Crippen LogP contribution in [-0.2, 0) is 9.59 Å². The van der Waals surface area contributed by atoms with Crippen molar-refractivity contribution in [1.29, 1.82) is 0 Å². The first-order chi connectivity index (χ1) is 11.5. The van der Waals surface area contributed by atoms with Gasteiger partial charge in [-0.3, -0.25) is 19.7 Å². The first kappa shape index (κ1) is 13.9. The summed E-state index contributed by atoms with van der Waals surface area (Å²) >= 11 is 0. The molecule has 1 saturated heterocycles. The minimum absolute atomic E-state index is 0.0630. The average Bonchev–Trinajstić information content (AvgIpc) is 3.33. The van der Waals surface area contributed by atoms with Gasteiger partial charge >= 0.3 is 0 Å². The van der Waals surface area contributed by atoms with Gasteiger partial charge < -0.3 is 0 Å². The molecule has 0 aromatic heterocycles. The van der Waals surface area contributed by atoms with Crippen LogP contribution in [0, 0.1) is 52.5 Å². The van der Waals surface area contributed by atoms with Gasteiger partial charge in [-0.25, -0.2) is 4.90 Å². The van der Waals surface area contributed by atoms with Crippen LogP contribution in [0.25, 0.3) is 0 Å². The fourth-order valence-corrected chi connectivity index (χ4v) is 5.15. The maximum absolute atomic E-state index is 13.0. The highest BCUT2D eigenvalue weighted by atomic mass is 16.6. The number of nitrogens with zero attached hydrogens (tertiary/aromatic N) is 2. The number of allylic oxidation sites excluding steroid dienone is 2. The van der Waals surface area contributed by atoms with Crippen molar-refractivity contribution >= 4 is 23.2 Å². The molecule has 6 nitrogen and oxygen atoms in total. The number of amides is 2. The zero-order valence-electron chi connectivity index (χ0n) is 13.1. The number of carbonyl (C=O) groups is 2. The van der Waals surface area contributed by atoms with Gasteiger partial charge in [-0.05, 0) is 43.1 Å². The molecule has 0 unspecified atom stereocenters. The van der Waals surface area contributed by atoms with Crippen LogP contribution in [0.4, 0.5) is 11.4 Å². The van der Waals surface area contributed by atoms with Crippen molar-refractivity contribution in [3.05, 3.63) is 46.0 Å². The van der Waals surface area contributed by atoms with Crippen LogP contribution < -0.4 is 4.90 Å². The van der Waals surface area contributed by atoms with Crippen molar-refractivity contribution < 1.29 is 14.5 Å². The van der Waals surface area contributed by atoms with E-state index in [1.165, 1.54) is 11.0 Å². The Morgan fingerprint density at radius 3 is 2.21 bits per heavy atom. The molecule has 3 fully saturated rings. The zero-order chi connectivity index (χ0) is 16.7. The molecular weight excluding hydrogens is 308 g/mol. The third kappa shape index (κ3) is 1.56. The molecule has 2 bridgehead atoms. The first-order valence-electron chi connectivity index (χ1n) is 8.30. The lowest BCUT2D eigenvalue weighted by molar-refractivity contribution is -0.385. The molecule has 24 heavy (non-hydrogen) atoms. The van der Waals surface area contributed by atoms with E-state index in [2.05, 4.69) is 12.2 Å². The summed E-state index contributed by atoms with van der Waals surface area (Å²) in [6, 6.07) is 4.57. The Labute approximate surface area is 138 Å². The highest BCUT2D eigenvalue weighted by molar-refractivity contribution is 6.22. The Balaban J connectivity index is 1.57. The lowest BCUT2D eigenvalue weighted by atomic mass is 9.63. The second kappa shape index (κ2) is 4.32. The number of benzene rings is 1. The molecule has 1 heterocycles. The quantitative estimate of drug-likeness (QED) is 0.362. The lowest BCUT2D eigenvalue weighted by Crippen LogP contribution is -2.40. The Kier molecular flexibility index (Phi) is 2.50. The van der Waals surface area contributed by atoms with Gasteiger partial charge in [0.2, 0.25) is 11.8 Å². The molecular formula is C18H16N2O4. The van der Waals surface area contributed by atoms with Gasteiger partial charge in [-0.15, -0.1) is 0 Å². The molecule has 1 aliphatic heterocycles. The minimum atomic E-state index is -0.475. The SMILES string of the molecule is Cc1ccc(N2C(=O)[C@H]3[C@@H]4C=C[C@H]([C@H]5C[C@H]45)[C@@H]3C2=O)cc1[N+](=O)[O-]. The van der Waals surface area contributed by atoms with Crippen LogP contribution in [0.2, 0.25) is 0 Å². The van der Waals surface area contributed by atoms with Gasteiger partial charge in [0.1, 0.15) is 0 Å². The second-order valence-corrected chi connectivity index (χ2v) is 7.39. The molecule has 2 saturated carbocycles. The predicted molar refractivity (Wildman–Crippen MR) is 85.0 cm³/mol. The predicted octanol–water partition coefficient (Wildman–Crippen LogP) is 2.46. The van der Waals surface area contributed by atoms with E-state index in [0.717, 1.165) is 6.42 Å². The molecule has 1 aromatic carbocycles. The van der Waals surface area contributed by atoms with Crippen molar-refractivity contribution in [2.45, 2.75) is 13.3 Å². The minimum Gasteiger partial charge on any atom is -0.274 e. The Bertz CT molecular complexity index is 809. The summed E-state index contributed by atoms with van der Waals surface area (Å²) < 4.78 is 0. The standard InChI is InChI=1S/C18H16N2O4/c1-8-2-3-9(6-14(8)20(23)24)19-17(21)15-10-4-5-11(13-7-12(10)13)16(15)18(19)22/h2-6,10-13,15-16H,7H2,1H3/t10-,11-,12-,13-,15+,16+/m1/s1. The van der Waals surface area contributed by atoms with Crippen molar-refractivity contribution in [2.24, 2.45) is 35.5 Å². The number of hydrogen-bond donors (Lipinski definition) is 0. The van der Waals surface area contributed by atoms with E-state index >= 15 is 0 Å². The summed E-state index contributed by atoms with van der Waals surface area (Å²) in [5.74, 6) is 0.475. The van der Waals surface area contributed by atoms with Gasteiger partial charge in [0.25, 0.3) is 5.69 Å². The summed E-state index contributed by atoms with van der Waals surface area (Å²) in [4.78, 5) is 37.8. The fourth-order valence-electron chi connectivity index (χ4n) is 5.15. The van der Waals surface area contributed by atoms with E-state index in [9.17, 15) is 19.7 Å². The van der Waals surface area contributed by atoms with Crippen LogP contribution in [0.5, 0.6) is 0 Å². The van der Waals surface area contributed by atoms with E-state index in [4.69, 9.17) is 0 Å². The molecule has 6 heteroatoms. The first-order valence-corrected chi connectivity index (χ1v) is 8.30. The van der Waals surface area contributed by atoms with Crippen LogP contribution in [0.15, 0.2) is 30.4 Å². The monoisotopic (exact) mass is 324 g/mol. The maximum Gasteiger partial charge on any atom is 0.274 e. The normalized spacial score (nSPS) is 38.3. The van der Waals surface area contributed by atoms with E-state index in [-0.39, 0.29) is 41.2 Å². The molecule has 122 valence electrons. The second-order valence-electron chi connectivity index (χ2n) is 7.39. The third-order valence-electron chi connectivity index (χ3n) is 6.31. The number of rotatable bonds is 2. The highest BCUT2D eigenvalue weighted by Gasteiger charge is 2.67. The summed E-state index contributed by atoms with van der Waals surface area (Å²) in [6.45, 7) is 1.65. The largest absolute Gasteiger partial charge is 0.274 e. The summed E-state index contributed by atoms with van der Waals surface area (Å²) in [6.07, 6.45) is 5.35. The summed E-state index contributed by atoms with van der Waals surface area (Å²) in [5, 5.41) is 11.2. The molecule has 6 rings (SSSR count). The van der Waals surface area contributed by atoms with E-state index in [1.54, 1.807) is 19.1 Å². The fraction of sp³-hybridized carbons (Fsp3) is 0.444. The maximum atomic E-state index is 13.0. The van der Waals surface area contributed by atoms with E-state index in [1.807, 2.05) is 0 Å². The summed E-state index contributed by atoms with van der Waals surface area (Å²) in [5.41, 5.74) is 0.778. The molecule has 2 amide bonds. The highest BCUT2D eigenvalue weighted by Crippen LogP contribution is 2.65. The van der Waals surface area contributed by atoms with Gasteiger partial charge in [0.15, 0.2) is 0 Å². The van der Waals surface area contributed by atoms with Crippen LogP contribution in [-0.4, -0.2) is 16.7 Å². The van der Waals surface area contributed by atoms with Crippen LogP contribution in [0.3, 0.4) is 0 Å². The number of carbonyl (C=O) groups excluding carboxylic acids is 2. The number of hydrogen-bond acceptors (Lipinski definition) is 4. The third-order valence-corrected chi connectivity index (χ3v) is 6.31. The smallest absolute Gasteiger partial charge is 0.274 e. The van der Waals surface area contributed by atoms with Crippen molar-refractivity contribution in [3.8, 4) is 0 Å². The van der Waals surface area contributed by atoms with Gasteiger partial charge in [0, 0.05) is 11.6 Å². The Morgan fingerprint density at radius 2 is 1.67 bits per heavy atom. The molecule has 0 spiro atoms. The zero-order valence-corrected chi connectivity index (χ0v) is 13.1. The number of imide groups is 1. The van der Waals surface area contributed by atoms with Gasteiger partial charge in [-0.2, -0.15) is 0 Å². The van der Waals surface area contributed by atoms with Crippen molar-refractivity contribution in [1.82, 2.24) is 0 Å². The number of nitro benzene ring substituents is 1. The van der Waals surface area contributed by atoms with Crippen molar-refractivity contribution in [2.75, 3.05) is 4.90 Å². The lowest BCUT2D eigenvalue weighted by Gasteiger charge is -2.37. The van der Waals surface area contributed by atoms with Crippen LogP contribution >= 0.6 is 0 Å². The van der Waals surface area contributed by atoms with Crippen LogP contribution in [0.1, 0.15) is 12.0 Å². The topological polar surface area (TPSA) is 80.5 Å². The number of anilines is 1. The molecule has 1 aromatic rings. The molecule has 0 radical (unpaired) electrons. The van der Waals surface area contributed by atoms with E-state index in [0.29, 0.717) is 23.1 Å². The van der Waals surface area contributed by atoms with Crippen molar-refractivity contribution in [3.63, 3.8) is 0 Å². The van der Waals surface area contributed by atoms with Gasteiger partial charge in [0.05, 0.1) is 22.4 Å². The molecule has 5 aliphatic rings. The number of nitro groups is 1. The van der Waals surface area contributed by atoms with Gasteiger partial charge in [-0.1, -0.05) is 18.2 Å². The molecule has 0 N–H and O–H groups in total. The molecule has 4 aliphatic carbocycles. The van der Waals surface area contributed by atoms with E-state index < -0.39 is 4.92 Å².